The molecule has 0 amide bonds. The van der Waals surface area contributed by atoms with Crippen LogP contribution in [0.15, 0.2) is 22.7 Å². The average Bonchev–Trinajstić information content (AvgIpc) is 2.29. The lowest BCUT2D eigenvalue weighted by atomic mass is 10.0. The van der Waals surface area contributed by atoms with Crippen molar-refractivity contribution in [3.8, 4) is 0 Å². The molecule has 2 nitrogen and oxygen atoms in total. The molecule has 0 aromatic heterocycles. The van der Waals surface area contributed by atoms with Crippen LogP contribution in [0.1, 0.15) is 25.0 Å². The highest BCUT2D eigenvalue weighted by atomic mass is 79.9. The summed E-state index contributed by atoms with van der Waals surface area (Å²) >= 11 is 3.50. The Morgan fingerprint density at radius 1 is 1.35 bits per heavy atom. The third kappa shape index (κ3) is 4.09. The molecule has 0 bridgehead atoms. The number of hydrogen-bond acceptors (Lipinski definition) is 2. The maximum atomic E-state index is 9.31. The number of hydrogen-bond donors (Lipinski definition) is 1. The summed E-state index contributed by atoms with van der Waals surface area (Å²) in [6.45, 7) is 7.38. The van der Waals surface area contributed by atoms with Crippen LogP contribution in [-0.2, 0) is 6.42 Å². The first kappa shape index (κ1) is 14.7. The minimum atomic E-state index is -0.153. The fraction of sp³-hybridized carbons (Fsp3) is 0.571. The predicted octanol–water partition coefficient (Wildman–Crippen LogP) is 3.00. The third-order valence-electron chi connectivity index (χ3n) is 3.45. The van der Waals surface area contributed by atoms with Crippen LogP contribution in [0.5, 0.6) is 0 Å². The van der Waals surface area contributed by atoms with E-state index in [0.29, 0.717) is 0 Å². The zero-order valence-corrected chi connectivity index (χ0v) is 12.7. The van der Waals surface area contributed by atoms with E-state index in [1.807, 2.05) is 0 Å². The Balaban J connectivity index is 2.64. The van der Waals surface area contributed by atoms with E-state index in [1.165, 1.54) is 11.1 Å². The van der Waals surface area contributed by atoms with Crippen molar-refractivity contribution in [1.82, 2.24) is 4.90 Å². The van der Waals surface area contributed by atoms with Gasteiger partial charge in [-0.25, -0.2) is 0 Å². The van der Waals surface area contributed by atoms with Gasteiger partial charge < -0.3 is 5.11 Å². The van der Waals surface area contributed by atoms with Crippen LogP contribution < -0.4 is 0 Å². The first-order valence-corrected chi connectivity index (χ1v) is 6.73. The number of aliphatic hydroxyl groups is 1. The molecule has 0 spiro atoms. The molecule has 0 atom stereocenters. The lowest BCUT2D eigenvalue weighted by molar-refractivity contribution is 0.0800. The molecule has 1 N–H and O–H groups in total. The van der Waals surface area contributed by atoms with Gasteiger partial charge in [0.15, 0.2) is 0 Å². The van der Waals surface area contributed by atoms with E-state index in [4.69, 9.17) is 0 Å². The average molecular weight is 300 g/mol. The molecule has 17 heavy (non-hydrogen) atoms. The molecule has 0 radical (unpaired) electrons. The van der Waals surface area contributed by atoms with E-state index >= 15 is 0 Å². The predicted molar refractivity (Wildman–Crippen MR) is 76.4 cm³/mol. The number of aliphatic hydroxyl groups excluding tert-OH is 1. The van der Waals surface area contributed by atoms with Gasteiger partial charge in [-0.05, 0) is 57.5 Å². The van der Waals surface area contributed by atoms with Gasteiger partial charge in [-0.1, -0.05) is 22.0 Å². The Kier molecular flexibility index (Phi) is 5.17. The first-order valence-electron chi connectivity index (χ1n) is 5.94. The van der Waals surface area contributed by atoms with Gasteiger partial charge in [0.2, 0.25) is 0 Å². The molecule has 0 aliphatic rings. The normalized spacial score (nSPS) is 12.2. The number of benzene rings is 1. The third-order valence-corrected chi connectivity index (χ3v) is 3.94. The van der Waals surface area contributed by atoms with Crippen LogP contribution in [0.25, 0.3) is 0 Å². The summed E-state index contributed by atoms with van der Waals surface area (Å²) in [6.07, 6.45) is 1.01. The van der Waals surface area contributed by atoms with Crippen molar-refractivity contribution >= 4 is 15.9 Å². The Morgan fingerprint density at radius 3 is 2.59 bits per heavy atom. The van der Waals surface area contributed by atoms with Crippen molar-refractivity contribution in [3.05, 3.63) is 33.8 Å². The molecule has 0 aliphatic carbocycles. The van der Waals surface area contributed by atoms with Crippen molar-refractivity contribution in [2.24, 2.45) is 0 Å². The summed E-state index contributed by atoms with van der Waals surface area (Å²) in [4.78, 5) is 2.20. The molecule has 1 aromatic rings. The fourth-order valence-electron chi connectivity index (χ4n) is 1.62. The van der Waals surface area contributed by atoms with Gasteiger partial charge in [0, 0.05) is 16.6 Å². The lowest BCUT2D eigenvalue weighted by Crippen LogP contribution is -2.45. The maximum absolute atomic E-state index is 9.31. The van der Waals surface area contributed by atoms with Crippen molar-refractivity contribution < 1.29 is 5.11 Å². The molecule has 0 unspecified atom stereocenters. The highest BCUT2D eigenvalue weighted by Crippen LogP contribution is 2.18. The van der Waals surface area contributed by atoms with Gasteiger partial charge in [0.25, 0.3) is 0 Å². The molecule has 3 heteroatoms. The summed E-state index contributed by atoms with van der Waals surface area (Å²) < 4.78 is 1.13. The molecule has 0 saturated heterocycles. The lowest BCUT2D eigenvalue weighted by Gasteiger charge is -2.34. The Hall–Kier alpha value is -0.380. The SMILES string of the molecule is Cc1ccc(Br)cc1CCN(C)C(C)(C)CO. The highest BCUT2D eigenvalue weighted by Gasteiger charge is 2.21. The van der Waals surface area contributed by atoms with Gasteiger partial charge in [0.1, 0.15) is 0 Å². The molecule has 0 aliphatic heterocycles. The van der Waals surface area contributed by atoms with Crippen LogP contribution in [0.3, 0.4) is 0 Å². The Morgan fingerprint density at radius 2 is 2.00 bits per heavy atom. The molecule has 0 heterocycles. The molecule has 0 fully saturated rings. The van der Waals surface area contributed by atoms with Crippen LogP contribution in [0.2, 0.25) is 0 Å². The van der Waals surface area contributed by atoms with Gasteiger partial charge in [0.05, 0.1) is 6.61 Å². The zero-order chi connectivity index (χ0) is 13.1. The number of nitrogens with zero attached hydrogens (tertiary/aromatic N) is 1. The van der Waals surface area contributed by atoms with Gasteiger partial charge in [-0.15, -0.1) is 0 Å². The minimum absolute atomic E-state index is 0.153. The summed E-state index contributed by atoms with van der Waals surface area (Å²) in [5, 5.41) is 9.31. The number of halogens is 1. The van der Waals surface area contributed by atoms with E-state index in [2.05, 4.69) is 66.8 Å². The van der Waals surface area contributed by atoms with Crippen molar-refractivity contribution in [2.45, 2.75) is 32.7 Å². The second kappa shape index (κ2) is 5.98. The van der Waals surface area contributed by atoms with Crippen LogP contribution in [0.4, 0.5) is 0 Å². The molecular weight excluding hydrogens is 278 g/mol. The summed E-state index contributed by atoms with van der Waals surface area (Å²) in [7, 11) is 2.06. The second-order valence-corrected chi connectivity index (χ2v) is 6.13. The fourth-order valence-corrected chi connectivity index (χ4v) is 2.03. The van der Waals surface area contributed by atoms with Crippen LogP contribution in [-0.4, -0.2) is 35.7 Å². The van der Waals surface area contributed by atoms with Gasteiger partial charge in [-0.2, -0.15) is 0 Å². The minimum Gasteiger partial charge on any atom is -0.394 e. The highest BCUT2D eigenvalue weighted by molar-refractivity contribution is 9.10. The molecular formula is C14H22BrNO. The smallest absolute Gasteiger partial charge is 0.0609 e. The Labute approximate surface area is 113 Å². The first-order chi connectivity index (χ1) is 7.86. The van der Waals surface area contributed by atoms with E-state index in [9.17, 15) is 5.11 Å². The quantitative estimate of drug-likeness (QED) is 0.903. The summed E-state index contributed by atoms with van der Waals surface area (Å²) in [5.41, 5.74) is 2.53. The van der Waals surface area contributed by atoms with E-state index in [0.717, 1.165) is 17.4 Å². The molecule has 1 rings (SSSR count). The van der Waals surface area contributed by atoms with Gasteiger partial charge in [-0.3, -0.25) is 4.90 Å². The number of rotatable bonds is 5. The largest absolute Gasteiger partial charge is 0.394 e. The van der Waals surface area contributed by atoms with Crippen LogP contribution >= 0.6 is 15.9 Å². The van der Waals surface area contributed by atoms with Crippen molar-refractivity contribution in [1.29, 1.82) is 0 Å². The zero-order valence-electron chi connectivity index (χ0n) is 11.1. The standard InChI is InChI=1S/C14H22BrNO/c1-11-5-6-13(15)9-12(11)7-8-16(4)14(2,3)10-17/h5-6,9,17H,7-8,10H2,1-4H3. The molecule has 0 saturated carbocycles. The Bertz CT molecular complexity index is 376. The van der Waals surface area contributed by atoms with E-state index in [-0.39, 0.29) is 12.1 Å². The summed E-state index contributed by atoms with van der Waals surface area (Å²) in [6, 6.07) is 6.38. The topological polar surface area (TPSA) is 23.5 Å². The maximum Gasteiger partial charge on any atom is 0.0609 e. The summed E-state index contributed by atoms with van der Waals surface area (Å²) in [5.74, 6) is 0. The van der Waals surface area contributed by atoms with E-state index in [1.54, 1.807) is 0 Å². The van der Waals surface area contributed by atoms with Gasteiger partial charge >= 0.3 is 0 Å². The van der Waals surface area contributed by atoms with Crippen molar-refractivity contribution in [2.75, 3.05) is 20.2 Å². The molecule has 1 aromatic carbocycles. The van der Waals surface area contributed by atoms with Crippen molar-refractivity contribution in [3.63, 3.8) is 0 Å². The molecule has 96 valence electrons. The van der Waals surface area contributed by atoms with Crippen LogP contribution in [0, 0.1) is 6.92 Å². The number of aryl methyl sites for hydroxylation is 1. The monoisotopic (exact) mass is 299 g/mol. The van der Waals surface area contributed by atoms with E-state index < -0.39 is 0 Å². The number of likely N-dealkylation sites (N-methyl/N-ethyl adjacent to an activating group) is 1. The second-order valence-electron chi connectivity index (χ2n) is 5.21.